The summed E-state index contributed by atoms with van der Waals surface area (Å²) < 4.78 is 17.1. The number of ether oxygens (including phenoxy) is 3. The van der Waals surface area contributed by atoms with Crippen molar-refractivity contribution in [2.45, 2.75) is 19.8 Å². The Bertz CT molecular complexity index is 966. The summed E-state index contributed by atoms with van der Waals surface area (Å²) in [7, 11) is 3.12. The summed E-state index contributed by atoms with van der Waals surface area (Å²) in [5.41, 5.74) is 8.52. The Morgan fingerprint density at radius 3 is 2.58 bits per heavy atom. The molecule has 134 valence electrons. The molecule has 0 aliphatic carbocycles. The fraction of sp³-hybridized carbons (Fsp3) is 0.278. The largest absolute Gasteiger partial charge is 0.493 e. The van der Waals surface area contributed by atoms with Crippen LogP contribution in [0.5, 0.6) is 17.4 Å². The molecule has 0 saturated carbocycles. The van der Waals surface area contributed by atoms with Gasteiger partial charge in [-0.2, -0.15) is 10.2 Å². The molecule has 1 unspecified atom stereocenters. The van der Waals surface area contributed by atoms with E-state index in [4.69, 9.17) is 19.9 Å². The summed E-state index contributed by atoms with van der Waals surface area (Å²) in [6.45, 7) is 3.63. The number of rotatable bonds is 3. The van der Waals surface area contributed by atoms with Crippen molar-refractivity contribution in [3.05, 3.63) is 50.7 Å². The van der Waals surface area contributed by atoms with Gasteiger partial charge in [-0.3, -0.25) is 0 Å². The number of allylic oxidation sites excluding steroid dienone is 1. The van der Waals surface area contributed by atoms with Gasteiger partial charge < -0.3 is 19.9 Å². The van der Waals surface area contributed by atoms with Gasteiger partial charge in [0.2, 0.25) is 11.8 Å². The van der Waals surface area contributed by atoms with Crippen LogP contribution in [0.15, 0.2) is 28.1 Å². The zero-order valence-corrected chi connectivity index (χ0v) is 16.3. The van der Waals surface area contributed by atoms with Crippen LogP contribution >= 0.6 is 15.9 Å². The number of fused-ring (bicyclic) bond motifs is 1. The van der Waals surface area contributed by atoms with Crippen LogP contribution in [-0.4, -0.2) is 24.2 Å². The second kappa shape index (κ2) is 6.84. The SMILES string of the molecule is COc1cc(C2C(C#N)=C(N)Oc3nc(C)nc(C)c32)cc(Br)c1OC. The number of methoxy groups -OCH3 is 2. The molecule has 26 heavy (non-hydrogen) atoms. The lowest BCUT2D eigenvalue weighted by atomic mass is 9.83. The molecule has 1 aliphatic heterocycles. The molecule has 0 saturated heterocycles. The maximum Gasteiger partial charge on any atom is 0.228 e. The zero-order chi connectivity index (χ0) is 19.0. The molecule has 1 aromatic heterocycles. The van der Waals surface area contributed by atoms with Gasteiger partial charge in [-0.05, 0) is 47.5 Å². The first-order valence-electron chi connectivity index (χ1n) is 7.75. The normalized spacial score (nSPS) is 15.8. The van der Waals surface area contributed by atoms with Crippen molar-refractivity contribution in [3.63, 3.8) is 0 Å². The van der Waals surface area contributed by atoms with Crippen molar-refractivity contribution < 1.29 is 14.2 Å². The minimum atomic E-state index is -0.472. The Kier molecular flexibility index (Phi) is 4.74. The van der Waals surface area contributed by atoms with E-state index >= 15 is 0 Å². The van der Waals surface area contributed by atoms with Gasteiger partial charge in [-0.25, -0.2) is 4.98 Å². The number of nitrogens with two attached hydrogens (primary N) is 1. The third-order valence-corrected chi connectivity index (χ3v) is 4.76. The van der Waals surface area contributed by atoms with Gasteiger partial charge in [0.15, 0.2) is 11.5 Å². The summed E-state index contributed by atoms with van der Waals surface area (Å²) in [6, 6.07) is 5.84. The van der Waals surface area contributed by atoms with Crippen molar-refractivity contribution in [1.29, 1.82) is 5.26 Å². The van der Waals surface area contributed by atoms with Gasteiger partial charge in [0, 0.05) is 11.3 Å². The van der Waals surface area contributed by atoms with Crippen LogP contribution in [0.2, 0.25) is 0 Å². The van der Waals surface area contributed by atoms with E-state index in [0.717, 1.165) is 11.3 Å². The molecule has 0 spiro atoms. The molecule has 1 aromatic carbocycles. The van der Waals surface area contributed by atoms with E-state index in [0.29, 0.717) is 38.8 Å². The number of hydrogen-bond donors (Lipinski definition) is 1. The number of aryl methyl sites for hydroxylation is 2. The topological polar surface area (TPSA) is 103 Å². The van der Waals surface area contributed by atoms with E-state index in [1.54, 1.807) is 21.1 Å². The van der Waals surface area contributed by atoms with Crippen molar-refractivity contribution in [2.75, 3.05) is 14.2 Å². The maximum absolute atomic E-state index is 9.68. The highest BCUT2D eigenvalue weighted by Crippen LogP contribution is 2.46. The van der Waals surface area contributed by atoms with Crippen molar-refractivity contribution >= 4 is 15.9 Å². The fourth-order valence-corrected chi connectivity index (χ4v) is 3.72. The van der Waals surface area contributed by atoms with Gasteiger partial charge in [0.05, 0.1) is 24.6 Å². The quantitative estimate of drug-likeness (QED) is 0.819. The third kappa shape index (κ3) is 2.84. The molecular formula is C18H17BrN4O3. The molecule has 1 aliphatic rings. The van der Waals surface area contributed by atoms with Crippen LogP contribution in [0.25, 0.3) is 0 Å². The number of nitrogens with zero attached hydrogens (tertiary/aromatic N) is 3. The van der Waals surface area contributed by atoms with Crippen LogP contribution in [0.4, 0.5) is 0 Å². The zero-order valence-electron chi connectivity index (χ0n) is 14.8. The van der Waals surface area contributed by atoms with Gasteiger partial charge in [0.1, 0.15) is 17.5 Å². The predicted octanol–water partition coefficient (Wildman–Crippen LogP) is 3.09. The predicted molar refractivity (Wildman–Crippen MR) is 98.0 cm³/mol. The molecule has 2 heterocycles. The second-order valence-corrected chi connectivity index (χ2v) is 6.59. The van der Waals surface area contributed by atoms with Crippen LogP contribution in [0.3, 0.4) is 0 Å². The maximum atomic E-state index is 9.68. The van der Waals surface area contributed by atoms with Gasteiger partial charge in [0.25, 0.3) is 0 Å². The van der Waals surface area contributed by atoms with Gasteiger partial charge in [-0.15, -0.1) is 0 Å². The summed E-state index contributed by atoms with van der Waals surface area (Å²) in [5, 5.41) is 9.68. The first kappa shape index (κ1) is 18.0. The third-order valence-electron chi connectivity index (χ3n) is 4.17. The molecule has 8 heteroatoms. The molecule has 0 bridgehead atoms. The molecule has 2 aromatic rings. The number of benzene rings is 1. The average molecular weight is 417 g/mol. The van der Waals surface area contributed by atoms with Crippen molar-refractivity contribution in [2.24, 2.45) is 5.73 Å². The Balaban J connectivity index is 2.30. The molecule has 2 N–H and O–H groups in total. The molecule has 0 fully saturated rings. The number of aromatic nitrogens is 2. The minimum Gasteiger partial charge on any atom is -0.493 e. The van der Waals surface area contributed by atoms with Crippen molar-refractivity contribution in [1.82, 2.24) is 9.97 Å². The number of halogens is 1. The van der Waals surface area contributed by atoms with E-state index in [2.05, 4.69) is 32.0 Å². The van der Waals surface area contributed by atoms with Crippen LogP contribution in [-0.2, 0) is 0 Å². The van der Waals surface area contributed by atoms with E-state index in [9.17, 15) is 5.26 Å². The first-order chi connectivity index (χ1) is 12.4. The molecule has 1 atom stereocenters. The van der Waals surface area contributed by atoms with Crippen LogP contribution in [0.1, 0.15) is 28.6 Å². The van der Waals surface area contributed by atoms with E-state index in [-0.39, 0.29) is 5.88 Å². The minimum absolute atomic E-state index is 0.0356. The summed E-state index contributed by atoms with van der Waals surface area (Å²) >= 11 is 3.49. The molecule has 3 rings (SSSR count). The standard InChI is InChI=1S/C18H17BrN4O3/c1-8-14-15(10-5-12(19)16(25-4)13(6-10)24-3)11(7-20)17(21)26-18(14)23-9(2)22-8/h5-6,15H,21H2,1-4H3. The second-order valence-electron chi connectivity index (χ2n) is 5.74. The first-order valence-corrected chi connectivity index (χ1v) is 8.54. The lowest BCUT2D eigenvalue weighted by Gasteiger charge is -2.27. The molecule has 7 nitrogen and oxygen atoms in total. The Morgan fingerprint density at radius 1 is 1.23 bits per heavy atom. The Labute approximate surface area is 159 Å². The molecular weight excluding hydrogens is 400 g/mol. The monoisotopic (exact) mass is 416 g/mol. The average Bonchev–Trinajstić information content (AvgIpc) is 2.59. The fourth-order valence-electron chi connectivity index (χ4n) is 3.10. The Hall–Kier alpha value is -2.79. The smallest absolute Gasteiger partial charge is 0.228 e. The highest BCUT2D eigenvalue weighted by Gasteiger charge is 2.34. The highest BCUT2D eigenvalue weighted by molar-refractivity contribution is 9.10. The molecule has 0 amide bonds. The summed E-state index contributed by atoms with van der Waals surface area (Å²) in [5.74, 6) is 1.60. The van der Waals surface area contributed by atoms with Gasteiger partial charge in [-0.1, -0.05) is 0 Å². The summed E-state index contributed by atoms with van der Waals surface area (Å²) in [6.07, 6.45) is 0. The highest BCUT2D eigenvalue weighted by atomic mass is 79.9. The van der Waals surface area contributed by atoms with Crippen LogP contribution in [0, 0.1) is 25.2 Å². The van der Waals surface area contributed by atoms with E-state index < -0.39 is 5.92 Å². The van der Waals surface area contributed by atoms with Gasteiger partial charge >= 0.3 is 0 Å². The van der Waals surface area contributed by atoms with E-state index in [1.807, 2.05) is 19.1 Å². The van der Waals surface area contributed by atoms with Crippen LogP contribution < -0.4 is 19.9 Å². The van der Waals surface area contributed by atoms with Crippen molar-refractivity contribution in [3.8, 4) is 23.4 Å². The number of hydrogen-bond acceptors (Lipinski definition) is 7. The van der Waals surface area contributed by atoms with E-state index in [1.165, 1.54) is 0 Å². The lowest BCUT2D eigenvalue weighted by Crippen LogP contribution is -2.23. The number of nitriles is 1. The summed E-state index contributed by atoms with van der Waals surface area (Å²) in [4.78, 5) is 8.77. The molecule has 0 radical (unpaired) electrons. The Morgan fingerprint density at radius 2 is 1.96 bits per heavy atom. The lowest BCUT2D eigenvalue weighted by molar-refractivity contribution is 0.352.